The van der Waals surface area contributed by atoms with Crippen LogP contribution in [-0.4, -0.2) is 30.9 Å². The van der Waals surface area contributed by atoms with E-state index in [4.69, 9.17) is 0 Å². The summed E-state index contributed by atoms with van der Waals surface area (Å²) in [7, 11) is 1.91. The molecular formula is C24H23FN4OS. The fraction of sp³-hybridized carbons (Fsp3) is 0.208. The van der Waals surface area contributed by atoms with Crippen molar-refractivity contribution in [2.45, 2.75) is 25.4 Å². The van der Waals surface area contributed by atoms with E-state index in [2.05, 4.69) is 22.3 Å². The van der Waals surface area contributed by atoms with E-state index < -0.39 is 0 Å². The van der Waals surface area contributed by atoms with Crippen molar-refractivity contribution < 1.29 is 9.18 Å². The molecule has 0 aliphatic carbocycles. The summed E-state index contributed by atoms with van der Waals surface area (Å²) >= 11 is 1.36. The molecule has 0 aliphatic heterocycles. The van der Waals surface area contributed by atoms with Gasteiger partial charge in [-0.3, -0.25) is 4.79 Å². The first-order valence-electron chi connectivity index (χ1n) is 9.97. The van der Waals surface area contributed by atoms with Gasteiger partial charge in [-0.15, -0.1) is 10.2 Å². The highest BCUT2D eigenvalue weighted by atomic mass is 32.2. The summed E-state index contributed by atoms with van der Waals surface area (Å²) in [6, 6.07) is 18.5. The number of hydrogen-bond acceptors (Lipinski definition) is 4. The summed E-state index contributed by atoms with van der Waals surface area (Å²) in [4.78, 5) is 12.9. The second kappa shape index (κ2) is 8.89. The molecule has 7 heteroatoms. The average molecular weight is 435 g/mol. The van der Waals surface area contributed by atoms with Crippen LogP contribution in [0.15, 0.2) is 65.8 Å². The van der Waals surface area contributed by atoms with Crippen LogP contribution in [0.1, 0.15) is 33.1 Å². The molecule has 2 heterocycles. The highest BCUT2D eigenvalue weighted by Crippen LogP contribution is 2.25. The number of ketones is 1. The van der Waals surface area contributed by atoms with Gasteiger partial charge in [0.1, 0.15) is 11.6 Å². The first-order chi connectivity index (χ1) is 15.0. The number of halogens is 1. The molecule has 0 aliphatic rings. The smallest absolute Gasteiger partial charge is 0.191 e. The summed E-state index contributed by atoms with van der Waals surface area (Å²) in [6.45, 7) is 3.72. The molecule has 2 aromatic heterocycles. The lowest BCUT2D eigenvalue weighted by Gasteiger charge is -2.10. The van der Waals surface area contributed by atoms with Crippen LogP contribution >= 0.6 is 11.8 Å². The summed E-state index contributed by atoms with van der Waals surface area (Å²) < 4.78 is 18.0. The second-order valence-electron chi connectivity index (χ2n) is 7.40. The standard InChI is InChI=1S/C24H23FN4OS/c1-16-13-19(17(2)29(16)21-12-8-7-11-20(21)25)22(30)15-31-24-27-26-23(28(24)3)14-18-9-5-4-6-10-18/h4-13H,14-15H2,1-3H3. The molecule has 0 unspecified atom stereocenters. The van der Waals surface area contributed by atoms with Crippen molar-refractivity contribution in [3.05, 3.63) is 94.8 Å². The van der Waals surface area contributed by atoms with Gasteiger partial charge in [0.2, 0.25) is 0 Å². The molecule has 2 aromatic carbocycles. The van der Waals surface area contributed by atoms with E-state index >= 15 is 0 Å². The number of thioether (sulfide) groups is 1. The Balaban J connectivity index is 1.49. The van der Waals surface area contributed by atoms with Gasteiger partial charge in [0.25, 0.3) is 0 Å². The zero-order valence-corrected chi connectivity index (χ0v) is 18.5. The van der Waals surface area contributed by atoms with Gasteiger partial charge in [-0.1, -0.05) is 54.2 Å². The molecule has 5 nitrogen and oxygen atoms in total. The van der Waals surface area contributed by atoms with E-state index in [1.165, 1.54) is 17.8 Å². The first kappa shape index (κ1) is 21.1. The van der Waals surface area contributed by atoms with Crippen LogP contribution in [0.4, 0.5) is 4.39 Å². The third kappa shape index (κ3) is 4.32. The monoisotopic (exact) mass is 434 g/mol. The van der Waals surface area contributed by atoms with E-state index in [1.54, 1.807) is 22.8 Å². The molecule has 0 N–H and O–H groups in total. The van der Waals surface area contributed by atoms with Crippen molar-refractivity contribution in [1.82, 2.24) is 19.3 Å². The Bertz CT molecular complexity index is 1230. The molecule has 0 saturated heterocycles. The molecule has 31 heavy (non-hydrogen) atoms. The maximum Gasteiger partial charge on any atom is 0.191 e. The topological polar surface area (TPSA) is 52.7 Å². The van der Waals surface area contributed by atoms with Crippen molar-refractivity contribution in [2.24, 2.45) is 7.05 Å². The van der Waals surface area contributed by atoms with E-state index in [1.807, 2.05) is 49.7 Å². The number of para-hydroxylation sites is 1. The van der Waals surface area contributed by atoms with Gasteiger partial charge in [-0.2, -0.15) is 0 Å². The molecule has 0 radical (unpaired) electrons. The van der Waals surface area contributed by atoms with Crippen LogP contribution in [0, 0.1) is 19.7 Å². The fourth-order valence-corrected chi connectivity index (χ4v) is 4.47. The highest BCUT2D eigenvalue weighted by molar-refractivity contribution is 7.99. The number of aryl methyl sites for hydroxylation is 1. The maximum absolute atomic E-state index is 14.3. The lowest BCUT2D eigenvalue weighted by Crippen LogP contribution is -2.07. The number of carbonyl (C=O) groups excluding carboxylic acids is 1. The number of benzene rings is 2. The summed E-state index contributed by atoms with van der Waals surface area (Å²) in [5, 5.41) is 9.23. The molecule has 4 rings (SSSR count). The van der Waals surface area contributed by atoms with Crippen molar-refractivity contribution in [3.63, 3.8) is 0 Å². The maximum atomic E-state index is 14.3. The zero-order chi connectivity index (χ0) is 22.0. The lowest BCUT2D eigenvalue weighted by molar-refractivity contribution is 0.102. The van der Waals surface area contributed by atoms with Crippen molar-refractivity contribution in [1.29, 1.82) is 0 Å². The van der Waals surface area contributed by atoms with Gasteiger partial charge in [-0.05, 0) is 37.6 Å². The third-order valence-electron chi connectivity index (χ3n) is 5.29. The third-order valence-corrected chi connectivity index (χ3v) is 6.31. The molecule has 0 bridgehead atoms. The molecule has 0 atom stereocenters. The van der Waals surface area contributed by atoms with E-state index in [0.29, 0.717) is 22.8 Å². The number of nitrogens with zero attached hydrogens (tertiary/aromatic N) is 4. The molecule has 0 amide bonds. The normalized spacial score (nSPS) is 11.1. The number of carbonyl (C=O) groups is 1. The van der Waals surface area contributed by atoms with Crippen LogP contribution in [0.2, 0.25) is 0 Å². The van der Waals surface area contributed by atoms with E-state index in [9.17, 15) is 9.18 Å². The second-order valence-corrected chi connectivity index (χ2v) is 8.35. The summed E-state index contributed by atoms with van der Waals surface area (Å²) in [5.41, 5.74) is 3.75. The van der Waals surface area contributed by atoms with Crippen LogP contribution in [-0.2, 0) is 13.5 Å². The Morgan fingerprint density at radius 2 is 1.74 bits per heavy atom. The molecule has 158 valence electrons. The molecule has 0 fully saturated rings. The van der Waals surface area contributed by atoms with Gasteiger partial charge in [-0.25, -0.2) is 4.39 Å². The zero-order valence-electron chi connectivity index (χ0n) is 17.7. The minimum absolute atomic E-state index is 0.0201. The lowest BCUT2D eigenvalue weighted by atomic mass is 10.1. The van der Waals surface area contributed by atoms with Crippen LogP contribution < -0.4 is 0 Å². The molecular weight excluding hydrogens is 411 g/mol. The minimum atomic E-state index is -0.317. The predicted molar refractivity (Wildman–Crippen MR) is 121 cm³/mol. The van der Waals surface area contributed by atoms with E-state index in [-0.39, 0.29) is 17.4 Å². The minimum Gasteiger partial charge on any atom is -0.315 e. The van der Waals surface area contributed by atoms with Crippen LogP contribution in [0.25, 0.3) is 5.69 Å². The SMILES string of the molecule is Cc1cc(C(=O)CSc2nnc(Cc3ccccc3)n2C)c(C)n1-c1ccccc1F. The Hall–Kier alpha value is -3.19. The quantitative estimate of drug-likeness (QED) is 0.306. The first-order valence-corrected chi connectivity index (χ1v) is 11.0. The average Bonchev–Trinajstić information content (AvgIpc) is 3.26. The van der Waals surface area contributed by atoms with E-state index in [0.717, 1.165) is 22.8 Å². The summed E-state index contributed by atoms with van der Waals surface area (Å²) in [5.74, 6) is 0.744. The Kier molecular flexibility index (Phi) is 6.04. The van der Waals surface area contributed by atoms with Crippen molar-refractivity contribution in [3.8, 4) is 5.69 Å². The van der Waals surface area contributed by atoms with Crippen LogP contribution in [0.3, 0.4) is 0 Å². The number of hydrogen-bond donors (Lipinski definition) is 0. The van der Waals surface area contributed by atoms with Crippen molar-refractivity contribution >= 4 is 17.5 Å². The number of rotatable bonds is 7. The number of aromatic nitrogens is 4. The Morgan fingerprint density at radius 3 is 2.48 bits per heavy atom. The largest absolute Gasteiger partial charge is 0.315 e. The predicted octanol–water partition coefficient (Wildman–Crippen LogP) is 4.93. The molecule has 0 spiro atoms. The Labute approximate surface area is 184 Å². The van der Waals surface area contributed by atoms with Gasteiger partial charge in [0.15, 0.2) is 10.9 Å². The highest BCUT2D eigenvalue weighted by Gasteiger charge is 2.19. The summed E-state index contributed by atoms with van der Waals surface area (Å²) in [6.07, 6.45) is 0.683. The van der Waals surface area contributed by atoms with Gasteiger partial charge < -0.3 is 9.13 Å². The van der Waals surface area contributed by atoms with Gasteiger partial charge in [0.05, 0.1) is 11.4 Å². The van der Waals surface area contributed by atoms with Gasteiger partial charge >= 0.3 is 0 Å². The Morgan fingerprint density at radius 1 is 1.03 bits per heavy atom. The molecule has 4 aromatic rings. The molecule has 0 saturated carbocycles. The van der Waals surface area contributed by atoms with Crippen LogP contribution in [0.5, 0.6) is 0 Å². The van der Waals surface area contributed by atoms with Crippen molar-refractivity contribution in [2.75, 3.05) is 5.75 Å². The fourth-order valence-electron chi connectivity index (χ4n) is 3.66. The number of Topliss-reactive ketones (excluding diaryl/α,β-unsaturated/α-hetero) is 1. The van der Waals surface area contributed by atoms with Gasteiger partial charge in [0, 0.05) is 30.4 Å².